The van der Waals surface area contributed by atoms with Crippen molar-refractivity contribution in [3.05, 3.63) is 23.2 Å². The van der Waals surface area contributed by atoms with E-state index < -0.39 is 0 Å². The van der Waals surface area contributed by atoms with Gasteiger partial charge in [0, 0.05) is 6.04 Å². The Morgan fingerprint density at radius 2 is 1.81 bits per heavy atom. The molecule has 0 aliphatic rings. The molecule has 0 bridgehead atoms. The van der Waals surface area contributed by atoms with Crippen LogP contribution in [0.1, 0.15) is 58.1 Å². The first-order valence-electron chi connectivity index (χ1n) is 8.28. The fraction of sp³-hybridized carbons (Fsp3) is 0.778. The Morgan fingerprint density at radius 1 is 1.14 bits per heavy atom. The Labute approximate surface area is 131 Å². The second kappa shape index (κ2) is 8.60. The molecule has 0 aromatic carbocycles. The van der Waals surface area contributed by atoms with Crippen molar-refractivity contribution < 1.29 is 4.42 Å². The quantitative estimate of drug-likeness (QED) is 0.740. The maximum Gasteiger partial charge on any atom is 0.120 e. The molecule has 1 heterocycles. The Bertz CT molecular complexity index is 409. The van der Waals surface area contributed by atoms with E-state index in [0.29, 0.717) is 12.0 Å². The van der Waals surface area contributed by atoms with Crippen LogP contribution in [0.25, 0.3) is 0 Å². The van der Waals surface area contributed by atoms with Gasteiger partial charge < -0.3 is 9.73 Å². The maximum atomic E-state index is 6.02. The largest absolute Gasteiger partial charge is 0.463 e. The summed E-state index contributed by atoms with van der Waals surface area (Å²) in [5, 5.41) is 3.45. The van der Waals surface area contributed by atoms with E-state index in [-0.39, 0.29) is 0 Å². The third-order valence-corrected chi connectivity index (χ3v) is 3.88. The van der Waals surface area contributed by atoms with Crippen LogP contribution < -0.4 is 5.32 Å². The average Bonchev–Trinajstić information content (AvgIpc) is 2.68. The van der Waals surface area contributed by atoms with Gasteiger partial charge in [-0.25, -0.2) is 0 Å². The number of nitrogens with zero attached hydrogens (tertiary/aromatic N) is 1. The SMILES string of the molecule is Cc1cc(CN(C)C(C)CC(C)C)oc1CNCC(C)C. The number of hydrogen-bond acceptors (Lipinski definition) is 3. The van der Waals surface area contributed by atoms with Gasteiger partial charge in [0.1, 0.15) is 11.5 Å². The van der Waals surface area contributed by atoms with Crippen molar-refractivity contribution in [2.75, 3.05) is 13.6 Å². The molecule has 122 valence electrons. The van der Waals surface area contributed by atoms with Gasteiger partial charge in [0.05, 0.1) is 13.1 Å². The number of hydrogen-bond donors (Lipinski definition) is 1. The molecule has 0 aliphatic heterocycles. The fourth-order valence-corrected chi connectivity index (χ4v) is 2.58. The minimum atomic E-state index is 0.581. The van der Waals surface area contributed by atoms with Crippen molar-refractivity contribution in [3.8, 4) is 0 Å². The van der Waals surface area contributed by atoms with Crippen LogP contribution in [-0.2, 0) is 13.1 Å². The molecule has 0 radical (unpaired) electrons. The van der Waals surface area contributed by atoms with Crippen LogP contribution in [0.5, 0.6) is 0 Å². The van der Waals surface area contributed by atoms with Gasteiger partial charge in [0.15, 0.2) is 0 Å². The average molecular weight is 294 g/mol. The van der Waals surface area contributed by atoms with Crippen molar-refractivity contribution in [2.24, 2.45) is 11.8 Å². The normalized spacial score (nSPS) is 13.6. The second-order valence-corrected chi connectivity index (χ2v) is 7.24. The van der Waals surface area contributed by atoms with E-state index in [1.165, 1.54) is 12.0 Å². The van der Waals surface area contributed by atoms with Crippen LogP contribution in [0.4, 0.5) is 0 Å². The zero-order chi connectivity index (χ0) is 16.0. The molecule has 0 saturated carbocycles. The summed E-state index contributed by atoms with van der Waals surface area (Å²) >= 11 is 0. The van der Waals surface area contributed by atoms with Crippen molar-refractivity contribution in [1.82, 2.24) is 10.2 Å². The first kappa shape index (κ1) is 18.2. The molecule has 1 rings (SSSR count). The highest BCUT2D eigenvalue weighted by Gasteiger charge is 2.14. The topological polar surface area (TPSA) is 28.4 Å². The lowest BCUT2D eigenvalue weighted by Gasteiger charge is -2.25. The molecule has 21 heavy (non-hydrogen) atoms. The van der Waals surface area contributed by atoms with Gasteiger partial charge in [-0.15, -0.1) is 0 Å². The molecule has 3 heteroatoms. The molecule has 0 aliphatic carbocycles. The first-order valence-corrected chi connectivity index (χ1v) is 8.28. The zero-order valence-corrected chi connectivity index (χ0v) is 15.0. The molecule has 0 saturated heterocycles. The molecule has 0 spiro atoms. The van der Waals surface area contributed by atoms with Crippen LogP contribution in [-0.4, -0.2) is 24.5 Å². The third kappa shape index (κ3) is 6.66. The summed E-state index contributed by atoms with van der Waals surface area (Å²) in [5.41, 5.74) is 1.26. The molecule has 1 unspecified atom stereocenters. The molecule has 0 amide bonds. The standard InChI is InChI=1S/C18H34N2O/c1-13(2)8-16(6)20(7)12-17-9-15(5)18(21-17)11-19-10-14(3)4/h9,13-14,16,19H,8,10-12H2,1-7H3. The first-order chi connectivity index (χ1) is 9.79. The lowest BCUT2D eigenvalue weighted by atomic mass is 10.0. The monoisotopic (exact) mass is 294 g/mol. The van der Waals surface area contributed by atoms with E-state index in [0.717, 1.165) is 37.1 Å². The summed E-state index contributed by atoms with van der Waals surface area (Å²) in [6.07, 6.45) is 1.22. The lowest BCUT2D eigenvalue weighted by Crippen LogP contribution is -2.29. The van der Waals surface area contributed by atoms with Crippen molar-refractivity contribution in [1.29, 1.82) is 0 Å². The summed E-state index contributed by atoms with van der Waals surface area (Å²) in [7, 11) is 2.18. The third-order valence-electron chi connectivity index (χ3n) is 3.88. The highest BCUT2D eigenvalue weighted by atomic mass is 16.3. The predicted octanol–water partition coefficient (Wildman–Crippen LogP) is 4.20. The Morgan fingerprint density at radius 3 is 2.38 bits per heavy atom. The van der Waals surface area contributed by atoms with Gasteiger partial charge >= 0.3 is 0 Å². The highest BCUT2D eigenvalue weighted by molar-refractivity contribution is 5.20. The Balaban J connectivity index is 2.52. The Hall–Kier alpha value is -0.800. The van der Waals surface area contributed by atoms with Crippen molar-refractivity contribution >= 4 is 0 Å². The van der Waals surface area contributed by atoms with Crippen molar-refractivity contribution in [3.63, 3.8) is 0 Å². The zero-order valence-electron chi connectivity index (χ0n) is 15.0. The Kier molecular flexibility index (Phi) is 7.47. The molecule has 3 nitrogen and oxygen atoms in total. The summed E-state index contributed by atoms with van der Waals surface area (Å²) in [6, 6.07) is 2.77. The molecule has 0 fully saturated rings. The van der Waals surface area contributed by atoms with Crippen LogP contribution in [0.2, 0.25) is 0 Å². The van der Waals surface area contributed by atoms with Gasteiger partial charge in [0.25, 0.3) is 0 Å². The number of nitrogens with one attached hydrogen (secondary N) is 1. The molecular weight excluding hydrogens is 260 g/mol. The molecule has 1 aromatic rings. The van der Waals surface area contributed by atoms with Gasteiger partial charge in [-0.2, -0.15) is 0 Å². The molecule has 1 aromatic heterocycles. The van der Waals surface area contributed by atoms with Gasteiger partial charge in [0.2, 0.25) is 0 Å². The van der Waals surface area contributed by atoms with E-state index >= 15 is 0 Å². The van der Waals surface area contributed by atoms with E-state index in [2.05, 4.69) is 64.9 Å². The second-order valence-electron chi connectivity index (χ2n) is 7.24. The smallest absolute Gasteiger partial charge is 0.120 e. The summed E-state index contributed by atoms with van der Waals surface area (Å²) in [4.78, 5) is 2.38. The summed E-state index contributed by atoms with van der Waals surface area (Å²) in [6.45, 7) is 16.2. The van der Waals surface area contributed by atoms with Gasteiger partial charge in [-0.05, 0) is 57.3 Å². The summed E-state index contributed by atoms with van der Waals surface area (Å²) < 4.78 is 6.02. The van der Waals surface area contributed by atoms with Gasteiger partial charge in [-0.3, -0.25) is 4.90 Å². The van der Waals surface area contributed by atoms with Crippen molar-refractivity contribution in [2.45, 2.75) is 67.1 Å². The van der Waals surface area contributed by atoms with Crippen LogP contribution in [0.15, 0.2) is 10.5 Å². The predicted molar refractivity (Wildman–Crippen MR) is 90.4 cm³/mol. The molecule has 1 N–H and O–H groups in total. The molecule has 1 atom stereocenters. The fourth-order valence-electron chi connectivity index (χ4n) is 2.58. The van der Waals surface area contributed by atoms with E-state index in [4.69, 9.17) is 4.42 Å². The maximum absolute atomic E-state index is 6.02. The number of furan rings is 1. The van der Waals surface area contributed by atoms with E-state index in [9.17, 15) is 0 Å². The number of aryl methyl sites for hydroxylation is 1. The van der Waals surface area contributed by atoms with Crippen LogP contribution in [0.3, 0.4) is 0 Å². The van der Waals surface area contributed by atoms with Crippen LogP contribution in [0, 0.1) is 18.8 Å². The highest BCUT2D eigenvalue weighted by Crippen LogP contribution is 2.18. The minimum absolute atomic E-state index is 0.581. The lowest BCUT2D eigenvalue weighted by molar-refractivity contribution is 0.203. The molecular formula is C18H34N2O. The van der Waals surface area contributed by atoms with E-state index in [1.54, 1.807) is 0 Å². The minimum Gasteiger partial charge on any atom is -0.463 e. The van der Waals surface area contributed by atoms with Gasteiger partial charge in [-0.1, -0.05) is 27.7 Å². The summed E-state index contributed by atoms with van der Waals surface area (Å²) in [5.74, 6) is 3.56. The van der Waals surface area contributed by atoms with E-state index in [1.807, 2.05) is 0 Å². The number of rotatable bonds is 9. The van der Waals surface area contributed by atoms with Crippen LogP contribution >= 0.6 is 0 Å².